The van der Waals surface area contributed by atoms with Gasteiger partial charge >= 0.3 is 5.97 Å². The molecule has 0 amide bonds. The second-order valence-corrected chi connectivity index (χ2v) is 5.19. The third kappa shape index (κ3) is 5.07. The fraction of sp³-hybridized carbons (Fsp3) is 0.235. The minimum Gasteiger partial charge on any atom is -0.493 e. The van der Waals surface area contributed by atoms with Crippen molar-refractivity contribution in [3.63, 3.8) is 0 Å². The summed E-state index contributed by atoms with van der Waals surface area (Å²) < 4.78 is 15.8. The van der Waals surface area contributed by atoms with Gasteiger partial charge in [-0.2, -0.15) is 0 Å². The number of rotatable bonds is 7. The highest BCUT2D eigenvalue weighted by Gasteiger charge is 2.09. The molecule has 0 unspecified atom stereocenters. The molecule has 0 fully saturated rings. The van der Waals surface area contributed by atoms with E-state index in [0.717, 1.165) is 5.75 Å². The van der Waals surface area contributed by atoms with E-state index >= 15 is 0 Å². The Hall–Kier alpha value is -2.40. The molecule has 2 rings (SSSR count). The fourth-order valence-corrected chi connectivity index (χ4v) is 1.99. The maximum atomic E-state index is 11.5. The maximum absolute atomic E-state index is 11.5. The van der Waals surface area contributed by atoms with Gasteiger partial charge in [-0.1, -0.05) is 11.6 Å². The SMILES string of the molecule is COC(=O)c1ccc(N)c(OCCCOc2ccc(Cl)cc2)c1. The summed E-state index contributed by atoms with van der Waals surface area (Å²) in [5.41, 5.74) is 6.70. The molecule has 5 nitrogen and oxygen atoms in total. The Bertz CT molecular complexity index is 658. The van der Waals surface area contributed by atoms with Crippen molar-refractivity contribution in [2.45, 2.75) is 6.42 Å². The van der Waals surface area contributed by atoms with E-state index in [1.807, 2.05) is 0 Å². The largest absolute Gasteiger partial charge is 0.493 e. The lowest BCUT2D eigenvalue weighted by atomic mass is 10.2. The highest BCUT2D eigenvalue weighted by atomic mass is 35.5. The molecule has 0 aliphatic heterocycles. The lowest BCUT2D eigenvalue weighted by Gasteiger charge is -2.11. The number of anilines is 1. The molecule has 2 aromatic rings. The summed E-state index contributed by atoms with van der Waals surface area (Å²) in [6.45, 7) is 0.917. The molecule has 0 bridgehead atoms. The summed E-state index contributed by atoms with van der Waals surface area (Å²) in [7, 11) is 1.33. The van der Waals surface area contributed by atoms with Gasteiger partial charge in [-0.05, 0) is 42.5 Å². The van der Waals surface area contributed by atoms with E-state index in [4.69, 9.17) is 26.8 Å². The van der Waals surface area contributed by atoms with Gasteiger partial charge in [0.05, 0.1) is 31.6 Å². The second-order valence-electron chi connectivity index (χ2n) is 4.75. The quantitative estimate of drug-likeness (QED) is 0.476. The Balaban J connectivity index is 1.79. The number of ether oxygens (including phenoxy) is 3. The Morgan fingerprint density at radius 3 is 2.48 bits per heavy atom. The lowest BCUT2D eigenvalue weighted by Crippen LogP contribution is -2.07. The minimum absolute atomic E-state index is 0.397. The Morgan fingerprint density at radius 2 is 1.78 bits per heavy atom. The van der Waals surface area contributed by atoms with Gasteiger partial charge in [-0.15, -0.1) is 0 Å². The topological polar surface area (TPSA) is 70.8 Å². The summed E-state index contributed by atoms with van der Waals surface area (Å²) in [6.07, 6.45) is 0.671. The summed E-state index contributed by atoms with van der Waals surface area (Å²) in [5.74, 6) is 0.780. The van der Waals surface area contributed by atoms with Gasteiger partial charge in [0.15, 0.2) is 0 Å². The summed E-state index contributed by atoms with van der Waals surface area (Å²) in [5, 5.41) is 0.668. The van der Waals surface area contributed by atoms with Crippen LogP contribution in [0, 0.1) is 0 Å². The van der Waals surface area contributed by atoms with Crippen LogP contribution in [0.25, 0.3) is 0 Å². The van der Waals surface area contributed by atoms with Gasteiger partial charge in [-0.3, -0.25) is 0 Å². The standard InChI is InChI=1S/C17H18ClNO4/c1-21-17(20)12-3-8-15(19)16(11-12)23-10-2-9-22-14-6-4-13(18)5-7-14/h3-8,11H,2,9-10,19H2,1H3. The van der Waals surface area contributed by atoms with Crippen molar-refractivity contribution in [3.8, 4) is 11.5 Å². The van der Waals surface area contributed by atoms with Crippen LogP contribution in [0.1, 0.15) is 16.8 Å². The molecule has 122 valence electrons. The van der Waals surface area contributed by atoms with E-state index in [1.165, 1.54) is 7.11 Å². The number of hydrogen-bond donors (Lipinski definition) is 1. The Kier molecular flexibility index (Phi) is 6.11. The molecule has 6 heteroatoms. The van der Waals surface area contributed by atoms with Crippen LogP contribution in [0.5, 0.6) is 11.5 Å². The van der Waals surface area contributed by atoms with Crippen LogP contribution in [0.15, 0.2) is 42.5 Å². The predicted octanol–water partition coefficient (Wildman–Crippen LogP) is 3.56. The number of benzene rings is 2. The Labute approximate surface area is 139 Å². The molecule has 0 radical (unpaired) electrons. The molecule has 0 heterocycles. The number of halogens is 1. The summed E-state index contributed by atoms with van der Waals surface area (Å²) >= 11 is 5.80. The molecule has 2 N–H and O–H groups in total. The number of hydrogen-bond acceptors (Lipinski definition) is 5. The van der Waals surface area contributed by atoms with E-state index < -0.39 is 5.97 Å². The number of nitrogen functional groups attached to an aromatic ring is 1. The molecule has 0 saturated carbocycles. The first-order chi connectivity index (χ1) is 11.1. The smallest absolute Gasteiger partial charge is 0.337 e. The molecule has 0 atom stereocenters. The average Bonchev–Trinajstić information content (AvgIpc) is 2.57. The van der Waals surface area contributed by atoms with Crippen LogP contribution < -0.4 is 15.2 Å². The third-order valence-corrected chi connectivity index (χ3v) is 3.32. The van der Waals surface area contributed by atoms with Crippen LogP contribution in [-0.2, 0) is 4.74 Å². The van der Waals surface area contributed by atoms with Gasteiger partial charge in [-0.25, -0.2) is 4.79 Å². The third-order valence-electron chi connectivity index (χ3n) is 3.06. The number of methoxy groups -OCH3 is 1. The molecule has 0 spiro atoms. The van der Waals surface area contributed by atoms with E-state index in [9.17, 15) is 4.79 Å². The molecule has 0 saturated heterocycles. The molecule has 0 aliphatic rings. The van der Waals surface area contributed by atoms with Crippen molar-refractivity contribution in [2.24, 2.45) is 0 Å². The van der Waals surface area contributed by atoms with Gasteiger partial charge < -0.3 is 19.9 Å². The summed E-state index contributed by atoms with van der Waals surface area (Å²) in [4.78, 5) is 11.5. The van der Waals surface area contributed by atoms with Gasteiger partial charge in [0.25, 0.3) is 0 Å². The van der Waals surface area contributed by atoms with E-state index in [1.54, 1.807) is 42.5 Å². The second kappa shape index (κ2) is 8.29. The van der Waals surface area contributed by atoms with E-state index in [0.29, 0.717) is 41.7 Å². The van der Waals surface area contributed by atoms with Gasteiger partial charge in [0, 0.05) is 11.4 Å². The highest BCUT2D eigenvalue weighted by molar-refractivity contribution is 6.30. The number of esters is 1. The minimum atomic E-state index is -0.430. The van der Waals surface area contributed by atoms with Crippen molar-refractivity contribution >= 4 is 23.3 Å². The number of carbonyl (C=O) groups excluding carboxylic acids is 1. The zero-order valence-corrected chi connectivity index (χ0v) is 13.5. The first-order valence-corrected chi connectivity index (χ1v) is 7.47. The van der Waals surface area contributed by atoms with Crippen molar-refractivity contribution in [2.75, 3.05) is 26.1 Å². The monoisotopic (exact) mass is 335 g/mol. The molecule has 0 aliphatic carbocycles. The van der Waals surface area contributed by atoms with Gasteiger partial charge in [0.2, 0.25) is 0 Å². The van der Waals surface area contributed by atoms with Crippen molar-refractivity contribution < 1.29 is 19.0 Å². The molecule has 23 heavy (non-hydrogen) atoms. The molecule has 2 aromatic carbocycles. The number of carbonyl (C=O) groups is 1. The fourth-order valence-electron chi connectivity index (χ4n) is 1.87. The molecular weight excluding hydrogens is 318 g/mol. The van der Waals surface area contributed by atoms with Crippen molar-refractivity contribution in [1.82, 2.24) is 0 Å². The molecule has 0 aromatic heterocycles. The highest BCUT2D eigenvalue weighted by Crippen LogP contribution is 2.23. The predicted molar refractivity (Wildman–Crippen MR) is 89.3 cm³/mol. The normalized spacial score (nSPS) is 10.2. The lowest BCUT2D eigenvalue weighted by molar-refractivity contribution is 0.0600. The van der Waals surface area contributed by atoms with E-state index in [-0.39, 0.29) is 0 Å². The van der Waals surface area contributed by atoms with Crippen LogP contribution in [-0.4, -0.2) is 26.3 Å². The average molecular weight is 336 g/mol. The van der Waals surface area contributed by atoms with E-state index in [2.05, 4.69) is 4.74 Å². The van der Waals surface area contributed by atoms with Crippen LogP contribution in [0.2, 0.25) is 5.02 Å². The van der Waals surface area contributed by atoms with Gasteiger partial charge in [0.1, 0.15) is 11.5 Å². The van der Waals surface area contributed by atoms with Crippen LogP contribution in [0.3, 0.4) is 0 Å². The molecular formula is C17H18ClNO4. The summed E-state index contributed by atoms with van der Waals surface area (Å²) in [6, 6.07) is 11.9. The number of nitrogens with two attached hydrogens (primary N) is 1. The first kappa shape index (κ1) is 17.0. The maximum Gasteiger partial charge on any atom is 0.337 e. The van der Waals surface area contributed by atoms with Crippen molar-refractivity contribution in [1.29, 1.82) is 0 Å². The van der Waals surface area contributed by atoms with Crippen LogP contribution >= 0.6 is 11.6 Å². The van der Waals surface area contributed by atoms with Crippen molar-refractivity contribution in [3.05, 3.63) is 53.1 Å². The Morgan fingerprint density at radius 1 is 1.09 bits per heavy atom. The van der Waals surface area contributed by atoms with Crippen LogP contribution in [0.4, 0.5) is 5.69 Å². The zero-order chi connectivity index (χ0) is 16.7. The zero-order valence-electron chi connectivity index (χ0n) is 12.8. The first-order valence-electron chi connectivity index (χ1n) is 7.09.